The number of nitrogens with zero attached hydrogens (tertiary/aromatic N) is 1. The van der Waals surface area contributed by atoms with E-state index in [-0.39, 0.29) is 31.3 Å². The normalized spacial score (nSPS) is 34.9. The lowest BCUT2D eigenvalue weighted by Gasteiger charge is -2.28. The van der Waals surface area contributed by atoms with Crippen LogP contribution in [-0.4, -0.2) is 60.7 Å². The molecule has 3 saturated heterocycles. The first-order chi connectivity index (χ1) is 13.7. The van der Waals surface area contributed by atoms with E-state index >= 15 is 0 Å². The van der Waals surface area contributed by atoms with E-state index in [4.69, 9.17) is 37.7 Å². The van der Waals surface area contributed by atoms with Gasteiger partial charge >= 0.3 is 6.16 Å². The minimum absolute atomic E-state index is 0.0862. The number of carbonyl (C=O) groups excluding carboxylic acids is 1. The van der Waals surface area contributed by atoms with Gasteiger partial charge in [0, 0.05) is 6.07 Å². The van der Waals surface area contributed by atoms with Gasteiger partial charge in [-0.05, 0) is 34.6 Å². The third kappa shape index (κ3) is 4.26. The van der Waals surface area contributed by atoms with Crippen LogP contribution in [0.25, 0.3) is 0 Å². The molecule has 10 heteroatoms. The maximum absolute atomic E-state index is 11.4. The molecule has 4 rings (SSSR count). The summed E-state index contributed by atoms with van der Waals surface area (Å²) in [6, 6.07) is 1.72. The fraction of sp³-hybridized carbons (Fsp3) is 0.789. The molecule has 5 atom stereocenters. The van der Waals surface area contributed by atoms with Crippen LogP contribution >= 0.6 is 0 Å². The van der Waals surface area contributed by atoms with E-state index in [2.05, 4.69) is 5.16 Å². The molecule has 0 amide bonds. The van der Waals surface area contributed by atoms with Gasteiger partial charge in [-0.25, -0.2) is 4.79 Å². The quantitative estimate of drug-likeness (QED) is 0.668. The number of fused-ring (bicyclic) bond motifs is 1. The minimum Gasteiger partial charge on any atom is -0.435 e. The second-order valence-corrected chi connectivity index (χ2v) is 8.15. The molecule has 0 aliphatic carbocycles. The van der Waals surface area contributed by atoms with Gasteiger partial charge in [-0.3, -0.25) is 0 Å². The average Bonchev–Trinajstić information content (AvgIpc) is 3.35. The largest absolute Gasteiger partial charge is 0.508 e. The van der Waals surface area contributed by atoms with Crippen LogP contribution in [-0.2, 0) is 39.8 Å². The lowest BCUT2D eigenvalue weighted by molar-refractivity contribution is -0.223. The number of rotatable bonds is 5. The summed E-state index contributed by atoms with van der Waals surface area (Å²) in [5, 5.41) is 4.17. The summed E-state index contributed by atoms with van der Waals surface area (Å²) in [5.74, 6) is -1.38. The van der Waals surface area contributed by atoms with Crippen molar-refractivity contribution in [3.8, 4) is 0 Å². The van der Waals surface area contributed by atoms with E-state index in [1.165, 1.54) is 0 Å². The summed E-state index contributed by atoms with van der Waals surface area (Å²) in [6.07, 6.45) is -2.41. The fourth-order valence-electron chi connectivity index (χ4n) is 3.91. The molecule has 0 aromatic carbocycles. The molecule has 0 saturated carbocycles. The molecular weight excluding hydrogens is 386 g/mol. The van der Waals surface area contributed by atoms with Crippen molar-refractivity contribution in [1.82, 2.24) is 5.16 Å². The Kier molecular flexibility index (Phi) is 5.32. The number of ether oxygens (including phenoxy) is 7. The Labute approximate surface area is 168 Å². The maximum atomic E-state index is 11.4. The zero-order valence-electron chi connectivity index (χ0n) is 17.2. The first kappa shape index (κ1) is 20.5. The van der Waals surface area contributed by atoms with Crippen LogP contribution in [0.3, 0.4) is 0 Å². The topological polar surface area (TPSA) is 108 Å². The van der Waals surface area contributed by atoms with E-state index in [1.54, 1.807) is 13.0 Å². The van der Waals surface area contributed by atoms with Gasteiger partial charge in [0.1, 0.15) is 18.3 Å². The summed E-state index contributed by atoms with van der Waals surface area (Å²) >= 11 is 0. The summed E-state index contributed by atoms with van der Waals surface area (Å²) in [4.78, 5) is 11.4. The van der Waals surface area contributed by atoms with Crippen molar-refractivity contribution in [2.45, 2.75) is 83.3 Å². The highest BCUT2D eigenvalue weighted by Gasteiger charge is 2.59. The van der Waals surface area contributed by atoms with Crippen LogP contribution < -0.4 is 0 Å². The Morgan fingerprint density at radius 3 is 2.62 bits per heavy atom. The van der Waals surface area contributed by atoms with Crippen LogP contribution in [0, 0.1) is 0 Å². The van der Waals surface area contributed by atoms with Gasteiger partial charge < -0.3 is 37.7 Å². The van der Waals surface area contributed by atoms with Crippen molar-refractivity contribution in [3.05, 3.63) is 17.5 Å². The number of aromatic nitrogens is 1. The lowest BCUT2D eigenvalue weighted by Crippen LogP contribution is -2.38. The Balaban J connectivity index is 1.52. The molecule has 162 valence electrons. The highest BCUT2D eigenvalue weighted by atomic mass is 16.8. The molecule has 0 unspecified atom stereocenters. The zero-order chi connectivity index (χ0) is 20.8. The summed E-state index contributed by atoms with van der Waals surface area (Å²) in [6.45, 7) is 9.61. The SMILES string of the molecule is CCOC(=O)OCc1cc([C@H]2[C@H]3OC(C)(C)O[C@H]3O[C@@H]2[C@H]2COC(C)(C)O2)no1. The van der Waals surface area contributed by atoms with Gasteiger partial charge in [-0.2, -0.15) is 0 Å². The average molecular weight is 413 g/mol. The highest BCUT2D eigenvalue weighted by Crippen LogP contribution is 2.47. The molecule has 3 fully saturated rings. The van der Waals surface area contributed by atoms with Gasteiger partial charge in [0.25, 0.3) is 0 Å². The van der Waals surface area contributed by atoms with Crippen molar-refractivity contribution in [2.75, 3.05) is 13.2 Å². The minimum atomic E-state index is -0.773. The molecular formula is C19H27NO9. The van der Waals surface area contributed by atoms with Crippen molar-refractivity contribution in [3.63, 3.8) is 0 Å². The maximum Gasteiger partial charge on any atom is 0.508 e. The molecule has 3 aliphatic rings. The van der Waals surface area contributed by atoms with E-state index in [0.29, 0.717) is 18.1 Å². The van der Waals surface area contributed by atoms with Crippen molar-refractivity contribution in [1.29, 1.82) is 0 Å². The third-order valence-electron chi connectivity index (χ3n) is 5.00. The monoisotopic (exact) mass is 413 g/mol. The Hall–Kier alpha value is -1.72. The van der Waals surface area contributed by atoms with E-state index in [0.717, 1.165) is 0 Å². The molecule has 0 spiro atoms. The summed E-state index contributed by atoms with van der Waals surface area (Å²) < 4.78 is 45.0. The molecule has 29 heavy (non-hydrogen) atoms. The van der Waals surface area contributed by atoms with Gasteiger partial charge in [0.2, 0.25) is 0 Å². The lowest BCUT2D eigenvalue weighted by atomic mass is 9.91. The molecule has 1 aromatic rings. The number of hydrogen-bond acceptors (Lipinski definition) is 10. The second-order valence-electron chi connectivity index (χ2n) is 8.15. The molecule has 3 aliphatic heterocycles. The predicted molar refractivity (Wildman–Crippen MR) is 94.7 cm³/mol. The molecule has 10 nitrogen and oxygen atoms in total. The summed E-state index contributed by atoms with van der Waals surface area (Å²) in [7, 11) is 0. The molecule has 4 heterocycles. The molecule has 0 N–H and O–H groups in total. The third-order valence-corrected chi connectivity index (χ3v) is 5.00. The smallest absolute Gasteiger partial charge is 0.435 e. The Bertz CT molecular complexity index is 746. The predicted octanol–water partition coefficient (Wildman–Crippen LogP) is 2.46. The van der Waals surface area contributed by atoms with Crippen LogP contribution in [0.2, 0.25) is 0 Å². The van der Waals surface area contributed by atoms with Crippen LogP contribution in [0.4, 0.5) is 4.79 Å². The van der Waals surface area contributed by atoms with E-state index in [9.17, 15) is 4.79 Å². The van der Waals surface area contributed by atoms with Crippen LogP contribution in [0.5, 0.6) is 0 Å². The first-order valence-electron chi connectivity index (χ1n) is 9.75. The van der Waals surface area contributed by atoms with Crippen LogP contribution in [0.1, 0.15) is 52.0 Å². The Morgan fingerprint density at radius 2 is 1.93 bits per heavy atom. The van der Waals surface area contributed by atoms with E-state index < -0.39 is 30.1 Å². The first-order valence-corrected chi connectivity index (χ1v) is 9.75. The number of hydrogen-bond donors (Lipinski definition) is 0. The summed E-state index contributed by atoms with van der Waals surface area (Å²) in [5.41, 5.74) is 0.611. The van der Waals surface area contributed by atoms with E-state index in [1.807, 2.05) is 27.7 Å². The van der Waals surface area contributed by atoms with Gasteiger partial charge in [-0.1, -0.05) is 5.16 Å². The number of carbonyl (C=O) groups is 1. The fourth-order valence-corrected chi connectivity index (χ4v) is 3.91. The van der Waals surface area contributed by atoms with Gasteiger partial charge in [0.15, 0.2) is 30.2 Å². The zero-order valence-corrected chi connectivity index (χ0v) is 17.2. The molecule has 1 aromatic heterocycles. The highest BCUT2D eigenvalue weighted by molar-refractivity contribution is 5.59. The van der Waals surface area contributed by atoms with Gasteiger partial charge in [-0.15, -0.1) is 0 Å². The molecule has 0 radical (unpaired) electrons. The Morgan fingerprint density at radius 1 is 1.14 bits per heavy atom. The standard InChI is InChI=1S/C19H27NO9/c1-6-22-17(21)23-8-10-7-11(20-29-10)13-14(12-9-24-18(2,3)26-12)25-16-15(13)27-19(4,5)28-16/h7,12-16H,6,8-9H2,1-5H3/t12-,13-,14-,15-,16-/m1/s1. The van der Waals surface area contributed by atoms with Crippen LogP contribution in [0.15, 0.2) is 10.6 Å². The van der Waals surface area contributed by atoms with Gasteiger partial charge in [0.05, 0.1) is 24.8 Å². The molecule has 0 bridgehead atoms. The van der Waals surface area contributed by atoms with Crippen molar-refractivity contribution >= 4 is 6.16 Å². The van der Waals surface area contributed by atoms with Crippen molar-refractivity contribution < 1.29 is 42.5 Å². The van der Waals surface area contributed by atoms with Crippen molar-refractivity contribution in [2.24, 2.45) is 0 Å². The second kappa shape index (κ2) is 7.51.